The van der Waals surface area contributed by atoms with Crippen molar-refractivity contribution in [3.8, 4) is 0 Å². The Kier molecular flexibility index (Phi) is 8.10. The first kappa shape index (κ1) is 22.8. The molecule has 2 rings (SSSR count). The summed E-state index contributed by atoms with van der Waals surface area (Å²) >= 11 is 3.99. The number of nitrogens with one attached hydrogen (secondary N) is 3. The first-order valence-corrected chi connectivity index (χ1v) is 10.1. The van der Waals surface area contributed by atoms with E-state index in [4.69, 9.17) is 5.73 Å². The van der Waals surface area contributed by atoms with Gasteiger partial charge in [-0.1, -0.05) is 32.0 Å². The summed E-state index contributed by atoms with van der Waals surface area (Å²) in [6.45, 7) is 3.82. The summed E-state index contributed by atoms with van der Waals surface area (Å²) in [6.07, 6.45) is 2.21. The second-order valence-corrected chi connectivity index (χ2v) is 7.81. The van der Waals surface area contributed by atoms with Crippen LogP contribution in [0.3, 0.4) is 0 Å². The van der Waals surface area contributed by atoms with Crippen LogP contribution >= 0.6 is 12.6 Å². The minimum absolute atomic E-state index is 0.107. The second kappa shape index (κ2) is 10.3. The molecule has 1 aromatic carbocycles. The van der Waals surface area contributed by atoms with Gasteiger partial charge in [0.2, 0.25) is 11.8 Å². The van der Waals surface area contributed by atoms with Gasteiger partial charge in [-0.2, -0.15) is 12.6 Å². The van der Waals surface area contributed by atoms with Crippen LogP contribution in [0.5, 0.6) is 0 Å². The molecule has 1 heterocycles. The van der Waals surface area contributed by atoms with Crippen LogP contribution in [0.1, 0.15) is 25.8 Å². The predicted octanol–water partition coefficient (Wildman–Crippen LogP) is 1.07. The molecular weight excluding hydrogens is 392 g/mol. The van der Waals surface area contributed by atoms with Gasteiger partial charge in [-0.05, 0) is 24.0 Å². The summed E-state index contributed by atoms with van der Waals surface area (Å²) in [5, 5.41) is 15.7. The SMILES string of the molecule is CC(C)CC(NC(=O)C(N)CS)C(=O)NC(Cc1c[nH]c2ccccc12)C(=O)O. The van der Waals surface area contributed by atoms with Gasteiger partial charge in [0.15, 0.2) is 0 Å². The molecule has 0 saturated carbocycles. The van der Waals surface area contributed by atoms with Crippen molar-refractivity contribution in [1.29, 1.82) is 0 Å². The molecule has 0 aliphatic carbocycles. The predicted molar refractivity (Wildman–Crippen MR) is 115 cm³/mol. The highest BCUT2D eigenvalue weighted by molar-refractivity contribution is 7.80. The van der Waals surface area contributed by atoms with E-state index in [1.54, 1.807) is 6.20 Å². The molecule has 3 unspecified atom stereocenters. The van der Waals surface area contributed by atoms with E-state index in [2.05, 4.69) is 28.2 Å². The molecule has 0 spiro atoms. The van der Waals surface area contributed by atoms with Gasteiger partial charge in [-0.3, -0.25) is 9.59 Å². The van der Waals surface area contributed by atoms with Gasteiger partial charge >= 0.3 is 5.97 Å². The van der Waals surface area contributed by atoms with Crippen molar-refractivity contribution in [3.05, 3.63) is 36.0 Å². The molecule has 158 valence electrons. The van der Waals surface area contributed by atoms with Gasteiger partial charge < -0.3 is 26.5 Å². The average molecular weight is 421 g/mol. The maximum atomic E-state index is 12.8. The molecule has 3 atom stereocenters. The van der Waals surface area contributed by atoms with E-state index in [-0.39, 0.29) is 18.1 Å². The largest absolute Gasteiger partial charge is 0.480 e. The number of aliphatic carboxylic acids is 1. The highest BCUT2D eigenvalue weighted by Crippen LogP contribution is 2.19. The van der Waals surface area contributed by atoms with Crippen LogP contribution in [-0.2, 0) is 20.8 Å². The standard InChI is InChI=1S/C20H28N4O4S/c1-11(2)7-16(23-18(25)14(21)10-29)19(26)24-17(20(27)28)8-12-9-22-15-6-4-3-5-13(12)15/h3-6,9,11,14,16-17,22,29H,7-8,10,21H2,1-2H3,(H,23,25)(H,24,26)(H,27,28). The highest BCUT2D eigenvalue weighted by Gasteiger charge is 2.28. The molecule has 6 N–H and O–H groups in total. The van der Waals surface area contributed by atoms with Gasteiger partial charge in [0.25, 0.3) is 0 Å². The number of H-pyrrole nitrogens is 1. The Bertz CT molecular complexity index is 867. The number of aromatic nitrogens is 1. The summed E-state index contributed by atoms with van der Waals surface area (Å²) < 4.78 is 0. The van der Waals surface area contributed by atoms with Crippen molar-refractivity contribution in [1.82, 2.24) is 15.6 Å². The van der Waals surface area contributed by atoms with Crippen LogP contribution in [0.4, 0.5) is 0 Å². The Labute approximate surface area is 175 Å². The summed E-state index contributed by atoms with van der Waals surface area (Å²) in [4.78, 5) is 39.8. The Balaban J connectivity index is 2.14. The molecule has 0 radical (unpaired) electrons. The molecule has 0 fully saturated rings. The van der Waals surface area contributed by atoms with Crippen LogP contribution in [0.15, 0.2) is 30.5 Å². The van der Waals surface area contributed by atoms with Crippen molar-refractivity contribution in [2.45, 2.75) is 44.8 Å². The van der Waals surface area contributed by atoms with Crippen LogP contribution < -0.4 is 16.4 Å². The summed E-state index contributed by atoms with van der Waals surface area (Å²) in [7, 11) is 0. The van der Waals surface area contributed by atoms with Crippen LogP contribution in [0.25, 0.3) is 10.9 Å². The van der Waals surface area contributed by atoms with E-state index in [0.717, 1.165) is 16.5 Å². The quantitative estimate of drug-likeness (QED) is 0.319. The van der Waals surface area contributed by atoms with Gasteiger partial charge in [0.05, 0.1) is 6.04 Å². The van der Waals surface area contributed by atoms with Crippen molar-refractivity contribution in [2.75, 3.05) is 5.75 Å². The minimum Gasteiger partial charge on any atom is -0.480 e. The molecule has 0 aliphatic heterocycles. The first-order chi connectivity index (χ1) is 13.7. The van der Waals surface area contributed by atoms with E-state index in [1.807, 2.05) is 38.1 Å². The van der Waals surface area contributed by atoms with E-state index >= 15 is 0 Å². The van der Waals surface area contributed by atoms with Crippen LogP contribution in [0, 0.1) is 5.92 Å². The number of para-hydroxylation sites is 1. The van der Waals surface area contributed by atoms with Crippen LogP contribution in [-0.4, -0.2) is 51.8 Å². The van der Waals surface area contributed by atoms with Crippen molar-refractivity contribution >= 4 is 41.3 Å². The van der Waals surface area contributed by atoms with Gasteiger partial charge in [-0.25, -0.2) is 4.79 Å². The third kappa shape index (κ3) is 6.23. The zero-order valence-electron chi connectivity index (χ0n) is 16.5. The van der Waals surface area contributed by atoms with Crippen molar-refractivity contribution in [3.63, 3.8) is 0 Å². The summed E-state index contributed by atoms with van der Waals surface area (Å²) in [6, 6.07) is 4.68. The Morgan fingerprint density at radius 3 is 2.41 bits per heavy atom. The zero-order valence-corrected chi connectivity index (χ0v) is 17.4. The zero-order chi connectivity index (χ0) is 21.6. The molecule has 8 nitrogen and oxygen atoms in total. The molecule has 9 heteroatoms. The minimum atomic E-state index is -1.15. The van der Waals surface area contributed by atoms with E-state index < -0.39 is 35.9 Å². The number of aromatic amines is 1. The molecule has 0 aliphatic rings. The number of carboxylic acid groups (broad SMARTS) is 1. The number of nitrogens with two attached hydrogens (primary N) is 1. The van der Waals surface area contributed by atoms with Crippen LogP contribution in [0.2, 0.25) is 0 Å². The fourth-order valence-electron chi connectivity index (χ4n) is 3.06. The number of rotatable bonds is 10. The normalized spacial score (nSPS) is 14.4. The number of benzene rings is 1. The third-order valence-corrected chi connectivity index (χ3v) is 4.98. The Morgan fingerprint density at radius 2 is 1.79 bits per heavy atom. The van der Waals surface area contributed by atoms with E-state index in [0.29, 0.717) is 6.42 Å². The number of hydrogen-bond acceptors (Lipinski definition) is 5. The molecule has 2 amide bonds. The van der Waals surface area contributed by atoms with Gasteiger partial charge in [-0.15, -0.1) is 0 Å². The number of thiol groups is 1. The molecule has 29 heavy (non-hydrogen) atoms. The van der Waals surface area contributed by atoms with Crippen molar-refractivity contribution in [2.24, 2.45) is 11.7 Å². The van der Waals surface area contributed by atoms with E-state index in [9.17, 15) is 19.5 Å². The maximum Gasteiger partial charge on any atom is 0.326 e. The molecule has 2 aromatic rings. The topological polar surface area (TPSA) is 137 Å². The lowest BCUT2D eigenvalue weighted by atomic mass is 10.0. The number of carboxylic acids is 1. The third-order valence-electron chi connectivity index (χ3n) is 4.59. The van der Waals surface area contributed by atoms with E-state index in [1.165, 1.54) is 0 Å². The van der Waals surface area contributed by atoms with Gasteiger partial charge in [0, 0.05) is 29.3 Å². The van der Waals surface area contributed by atoms with Crippen molar-refractivity contribution < 1.29 is 19.5 Å². The average Bonchev–Trinajstić information content (AvgIpc) is 3.08. The second-order valence-electron chi connectivity index (χ2n) is 7.44. The lowest BCUT2D eigenvalue weighted by Gasteiger charge is -2.23. The molecule has 0 saturated heterocycles. The summed E-state index contributed by atoms with van der Waals surface area (Å²) in [5.41, 5.74) is 7.35. The number of carbonyl (C=O) groups excluding carboxylic acids is 2. The Hall–Kier alpha value is -2.52. The fraction of sp³-hybridized carbons (Fsp3) is 0.450. The fourth-order valence-corrected chi connectivity index (χ4v) is 3.22. The maximum absolute atomic E-state index is 12.8. The molecular formula is C20H28N4O4S. The number of amides is 2. The van der Waals surface area contributed by atoms with Gasteiger partial charge in [0.1, 0.15) is 12.1 Å². The molecule has 1 aromatic heterocycles. The first-order valence-electron chi connectivity index (χ1n) is 9.47. The summed E-state index contributed by atoms with van der Waals surface area (Å²) in [5.74, 6) is -1.95. The number of carbonyl (C=O) groups is 3. The number of hydrogen-bond donors (Lipinski definition) is 6. The monoisotopic (exact) mass is 420 g/mol. The Morgan fingerprint density at radius 1 is 1.14 bits per heavy atom. The number of fused-ring (bicyclic) bond motifs is 1. The lowest BCUT2D eigenvalue weighted by Crippen LogP contribution is -2.55. The smallest absolute Gasteiger partial charge is 0.326 e. The molecule has 0 bridgehead atoms. The lowest BCUT2D eigenvalue weighted by molar-refractivity contribution is -0.142. The highest BCUT2D eigenvalue weighted by atomic mass is 32.1.